The van der Waals surface area contributed by atoms with Crippen LogP contribution in [-0.4, -0.2) is 28.2 Å². The van der Waals surface area contributed by atoms with Crippen LogP contribution in [0.25, 0.3) is 0 Å². The monoisotopic (exact) mass is 226 g/mol. The number of hydrogen-bond acceptors (Lipinski definition) is 5. The first-order chi connectivity index (χ1) is 7.25. The zero-order valence-electron chi connectivity index (χ0n) is 9.15. The molecule has 4 nitrogen and oxygen atoms in total. The second-order valence-electron chi connectivity index (χ2n) is 4.24. The predicted octanol–water partition coefficient (Wildman–Crippen LogP) is 1.88. The third-order valence-electron chi connectivity index (χ3n) is 3.07. The normalized spacial score (nSPS) is 18.5. The Labute approximate surface area is 94.5 Å². The molecule has 1 fully saturated rings. The smallest absolute Gasteiger partial charge is 0.203 e. The van der Waals surface area contributed by atoms with E-state index in [4.69, 9.17) is 5.73 Å². The van der Waals surface area contributed by atoms with E-state index in [9.17, 15) is 0 Å². The minimum atomic E-state index is 0.571. The Morgan fingerprint density at radius 3 is 2.67 bits per heavy atom. The molecule has 0 spiro atoms. The van der Waals surface area contributed by atoms with Gasteiger partial charge in [-0.3, -0.25) is 4.90 Å². The Morgan fingerprint density at radius 1 is 1.33 bits per heavy atom. The van der Waals surface area contributed by atoms with Gasteiger partial charge in [0, 0.05) is 6.04 Å². The van der Waals surface area contributed by atoms with Gasteiger partial charge in [0.2, 0.25) is 5.13 Å². The number of nitrogens with zero attached hydrogens (tertiary/aromatic N) is 3. The third kappa shape index (κ3) is 2.89. The standard InChI is InChI=1S/C10H18N4S/c1-14(8-5-3-2-4-6-8)7-9-12-13-10(11)15-9/h8H,2-7H2,1H3,(H2,11,13). The first-order valence-electron chi connectivity index (χ1n) is 5.54. The van der Waals surface area contributed by atoms with Crippen molar-refractivity contribution in [2.75, 3.05) is 12.8 Å². The van der Waals surface area contributed by atoms with Crippen LogP contribution in [0.2, 0.25) is 0 Å². The van der Waals surface area contributed by atoms with Gasteiger partial charge in [-0.25, -0.2) is 0 Å². The predicted molar refractivity (Wildman–Crippen MR) is 62.7 cm³/mol. The zero-order chi connectivity index (χ0) is 10.7. The summed E-state index contributed by atoms with van der Waals surface area (Å²) in [5.74, 6) is 0. The summed E-state index contributed by atoms with van der Waals surface area (Å²) >= 11 is 1.49. The lowest BCUT2D eigenvalue weighted by molar-refractivity contribution is 0.184. The van der Waals surface area contributed by atoms with Crippen LogP contribution in [0.3, 0.4) is 0 Å². The highest BCUT2D eigenvalue weighted by atomic mass is 32.1. The lowest BCUT2D eigenvalue weighted by atomic mass is 9.94. The minimum Gasteiger partial charge on any atom is -0.374 e. The van der Waals surface area contributed by atoms with Crippen molar-refractivity contribution in [3.05, 3.63) is 5.01 Å². The van der Waals surface area contributed by atoms with E-state index in [0.29, 0.717) is 5.13 Å². The highest BCUT2D eigenvalue weighted by molar-refractivity contribution is 7.15. The van der Waals surface area contributed by atoms with Crippen LogP contribution in [0.1, 0.15) is 37.1 Å². The van der Waals surface area contributed by atoms with E-state index < -0.39 is 0 Å². The fourth-order valence-electron chi connectivity index (χ4n) is 2.19. The minimum absolute atomic E-state index is 0.571. The molecule has 0 bridgehead atoms. The van der Waals surface area contributed by atoms with E-state index in [0.717, 1.165) is 17.6 Å². The maximum absolute atomic E-state index is 5.56. The molecule has 15 heavy (non-hydrogen) atoms. The molecular weight excluding hydrogens is 208 g/mol. The second kappa shape index (κ2) is 4.90. The van der Waals surface area contributed by atoms with Gasteiger partial charge in [0.05, 0.1) is 6.54 Å². The molecule has 5 heteroatoms. The molecule has 0 atom stereocenters. The average Bonchev–Trinajstić information content (AvgIpc) is 2.65. The Bertz CT molecular complexity index is 306. The number of rotatable bonds is 3. The Balaban J connectivity index is 1.88. The number of nitrogens with two attached hydrogens (primary N) is 1. The quantitative estimate of drug-likeness (QED) is 0.855. The number of nitrogen functional groups attached to an aromatic ring is 1. The maximum atomic E-state index is 5.56. The number of aromatic nitrogens is 2. The van der Waals surface area contributed by atoms with Gasteiger partial charge in [-0.15, -0.1) is 10.2 Å². The topological polar surface area (TPSA) is 55.0 Å². The molecule has 2 rings (SSSR count). The summed E-state index contributed by atoms with van der Waals surface area (Å²) in [6.45, 7) is 0.888. The van der Waals surface area contributed by atoms with Crippen molar-refractivity contribution in [3.8, 4) is 0 Å². The summed E-state index contributed by atoms with van der Waals surface area (Å²) < 4.78 is 0. The molecule has 0 aromatic carbocycles. The van der Waals surface area contributed by atoms with Crippen LogP contribution in [0.5, 0.6) is 0 Å². The molecule has 1 saturated carbocycles. The van der Waals surface area contributed by atoms with Crippen molar-refractivity contribution in [1.82, 2.24) is 15.1 Å². The molecule has 84 valence electrons. The Morgan fingerprint density at radius 2 is 2.07 bits per heavy atom. The van der Waals surface area contributed by atoms with E-state index in [-0.39, 0.29) is 0 Å². The highest BCUT2D eigenvalue weighted by Crippen LogP contribution is 2.23. The molecule has 1 heterocycles. The average molecular weight is 226 g/mol. The van der Waals surface area contributed by atoms with Gasteiger partial charge in [-0.2, -0.15) is 0 Å². The van der Waals surface area contributed by atoms with Crippen molar-refractivity contribution < 1.29 is 0 Å². The van der Waals surface area contributed by atoms with Crippen molar-refractivity contribution in [1.29, 1.82) is 0 Å². The van der Waals surface area contributed by atoms with Gasteiger partial charge in [-0.1, -0.05) is 30.6 Å². The van der Waals surface area contributed by atoms with Crippen LogP contribution in [0.4, 0.5) is 5.13 Å². The second-order valence-corrected chi connectivity index (χ2v) is 5.33. The van der Waals surface area contributed by atoms with Gasteiger partial charge in [0.15, 0.2) is 0 Å². The Kier molecular flexibility index (Phi) is 3.53. The highest BCUT2D eigenvalue weighted by Gasteiger charge is 2.18. The molecule has 1 aromatic rings. The molecule has 0 saturated heterocycles. The SMILES string of the molecule is CN(Cc1nnc(N)s1)C1CCCCC1. The lowest BCUT2D eigenvalue weighted by Crippen LogP contribution is -2.32. The molecule has 0 aliphatic heterocycles. The van der Waals surface area contributed by atoms with Crippen molar-refractivity contribution >= 4 is 16.5 Å². The van der Waals surface area contributed by atoms with Crippen LogP contribution in [-0.2, 0) is 6.54 Å². The lowest BCUT2D eigenvalue weighted by Gasteiger charge is -2.30. The van der Waals surface area contributed by atoms with E-state index in [1.54, 1.807) is 0 Å². The summed E-state index contributed by atoms with van der Waals surface area (Å²) in [6.07, 6.45) is 6.78. The number of anilines is 1. The third-order valence-corrected chi connectivity index (χ3v) is 3.80. The van der Waals surface area contributed by atoms with Crippen LogP contribution >= 0.6 is 11.3 Å². The first-order valence-corrected chi connectivity index (χ1v) is 6.35. The fourth-order valence-corrected chi connectivity index (χ4v) is 2.87. The van der Waals surface area contributed by atoms with Gasteiger partial charge in [0.25, 0.3) is 0 Å². The molecule has 0 radical (unpaired) electrons. The van der Waals surface area contributed by atoms with E-state index >= 15 is 0 Å². The summed E-state index contributed by atoms with van der Waals surface area (Å²) in [6, 6.07) is 0.726. The first kappa shape index (κ1) is 10.8. The van der Waals surface area contributed by atoms with Gasteiger partial charge in [-0.05, 0) is 19.9 Å². The van der Waals surface area contributed by atoms with Crippen LogP contribution < -0.4 is 5.73 Å². The fraction of sp³-hybridized carbons (Fsp3) is 0.800. The molecule has 0 amide bonds. The van der Waals surface area contributed by atoms with Gasteiger partial charge in [0.1, 0.15) is 5.01 Å². The van der Waals surface area contributed by atoms with Gasteiger partial charge >= 0.3 is 0 Å². The molecule has 1 aromatic heterocycles. The number of hydrogen-bond donors (Lipinski definition) is 1. The molecular formula is C10H18N4S. The summed E-state index contributed by atoms with van der Waals surface area (Å²) in [7, 11) is 2.17. The Hall–Kier alpha value is -0.680. The van der Waals surface area contributed by atoms with Crippen molar-refractivity contribution in [2.24, 2.45) is 0 Å². The van der Waals surface area contributed by atoms with Crippen LogP contribution in [0.15, 0.2) is 0 Å². The van der Waals surface area contributed by atoms with Gasteiger partial charge < -0.3 is 5.73 Å². The molecule has 1 aliphatic rings. The van der Waals surface area contributed by atoms with Crippen molar-refractivity contribution in [3.63, 3.8) is 0 Å². The summed E-state index contributed by atoms with van der Waals surface area (Å²) in [5.41, 5.74) is 5.56. The van der Waals surface area contributed by atoms with Crippen LogP contribution in [0, 0.1) is 0 Å². The zero-order valence-corrected chi connectivity index (χ0v) is 9.96. The van der Waals surface area contributed by atoms with E-state index in [1.807, 2.05) is 0 Å². The maximum Gasteiger partial charge on any atom is 0.203 e. The molecule has 2 N–H and O–H groups in total. The van der Waals surface area contributed by atoms with E-state index in [2.05, 4.69) is 22.1 Å². The summed E-state index contributed by atoms with van der Waals surface area (Å²) in [4.78, 5) is 2.39. The largest absolute Gasteiger partial charge is 0.374 e. The molecule has 1 aliphatic carbocycles. The van der Waals surface area contributed by atoms with Crippen molar-refractivity contribution in [2.45, 2.75) is 44.7 Å². The molecule has 0 unspecified atom stereocenters. The van der Waals surface area contributed by atoms with E-state index in [1.165, 1.54) is 43.4 Å². The summed E-state index contributed by atoms with van der Waals surface area (Å²) in [5, 5.41) is 9.49.